The standard InChI is InChI=1S/C11H16S.C9H20.C8H14N2S.2C8H16OS.C8H16O.C8H18S.3C7H13N3S.3C7H14OS.C7H16S/c1-11(2,3)12-9-10-7-5-4-6-8-10;1-5-6-7-8-9(2,3)4;1-8(2,3)11-6-7-4-5-9-10-7;1-7(9)5-6-10-8(2,3)4;1-6(9)7(2)10-8(3,4)5;1-7(9)5-6-8(2,3)4;1-5-6-7-9-8(2,3)4;1-7(2,3)11-6-10-5-8-4-9-10;2*1-7(2,3)11-4-6-8-5-9-10-6;3*1-6(8)5-9-7(2,3)4;1-5-6-8-7(2,3)4/h4-8H,9H2,1-3H3;5-8H2,1-4H3;5H,4,6H2,1-3H3;5-6H2,1-4H3;7H,1-5H3;5-6H2,1-4H3;5-7H2,1-4H3;4-5H,6H2,1-3H3;2*5H,4H2,1-3H3,(H,8,9,10);3*5H2,1-4H3;5-6H2,1-4H3. The molecule has 2 N–H and O–H groups in total. The molecule has 0 saturated heterocycles. The third-order valence-electron chi connectivity index (χ3n) is 14.9. The molecule has 17 nitrogen and oxygen atoms in total. The molecule has 1 aromatic carbocycles. The normalized spacial score (nSPS) is 12.4. The molecule has 1 aliphatic heterocycles. The molecule has 0 aliphatic carbocycles. The summed E-state index contributed by atoms with van der Waals surface area (Å²) in [5, 5.41) is 25.2. The van der Waals surface area contributed by atoms with Gasteiger partial charge in [-0.15, -0.1) is 94.1 Å². The summed E-state index contributed by atoms with van der Waals surface area (Å²) in [4.78, 5) is 75.1. The number of hydrogen-bond acceptors (Lipinski definition) is 26. The topological polar surface area (TPSA) is 241 Å². The maximum atomic E-state index is 10.8. The van der Waals surface area contributed by atoms with Crippen LogP contribution in [0, 0.1) is 10.8 Å². The van der Waals surface area contributed by atoms with Crippen LogP contribution in [0.25, 0.3) is 0 Å². The summed E-state index contributed by atoms with van der Waals surface area (Å²) < 4.78 is 5.55. The highest BCUT2D eigenvalue weighted by molar-refractivity contribution is 8.03. The lowest BCUT2D eigenvalue weighted by Gasteiger charge is -2.20. The van der Waals surface area contributed by atoms with Crippen LogP contribution in [0.3, 0.4) is 0 Å². The molecule has 812 valence electrons. The van der Waals surface area contributed by atoms with Gasteiger partial charge >= 0.3 is 0 Å². The molecule has 5 rings (SSSR count). The Morgan fingerprint density at radius 3 is 0.957 bits per heavy atom. The number of nitrogens with zero attached hydrogens (tertiary/aromatic N) is 9. The van der Waals surface area contributed by atoms with Crippen molar-refractivity contribution in [3.8, 4) is 0 Å². The van der Waals surface area contributed by atoms with Crippen molar-refractivity contribution in [2.75, 3.05) is 40.3 Å². The first kappa shape index (κ1) is 154. The van der Waals surface area contributed by atoms with Gasteiger partial charge in [0.2, 0.25) is 0 Å². The van der Waals surface area contributed by atoms with E-state index >= 15 is 0 Å². The Morgan fingerprint density at radius 1 is 0.362 bits per heavy atom. The minimum absolute atomic E-state index is 0.139. The van der Waals surface area contributed by atoms with E-state index in [9.17, 15) is 28.8 Å². The SMILES string of the molecule is CC(=O)C(C)SC(C)(C)C.CC(=O)CCC(C)(C)C.CC(=O)CCSC(C)(C)C.CC(=O)CSC(C)(C)C.CC(=O)CSC(C)(C)C.CC(=O)CSC(C)(C)C.CC(C)(C)SCC1=NN=CC1.CC(C)(C)SCc1ccccc1.CC(C)(C)SCc1ncn[nH]1.CC(C)(C)SCc1ncn[nH]1.CC(C)(C)SCn1cncn1.CCCCCC(C)(C)C.CCCCSC(C)(C)C.CCCSC(C)(C)C. The number of aromatic nitrogens is 9. The van der Waals surface area contributed by atoms with Crippen molar-refractivity contribution in [1.82, 2.24) is 45.1 Å². The number of ketones is 6. The number of thioether (sulfide) groups is 12. The fourth-order valence-corrected chi connectivity index (χ4v) is 17.4. The van der Waals surface area contributed by atoms with Crippen LogP contribution >= 0.6 is 141 Å². The molecule has 4 heterocycles. The summed E-state index contributed by atoms with van der Waals surface area (Å²) in [7, 11) is 0. The summed E-state index contributed by atoms with van der Waals surface area (Å²) in [5.74, 6) is 13.8. The van der Waals surface area contributed by atoms with Gasteiger partial charge in [0.1, 0.15) is 71.7 Å². The van der Waals surface area contributed by atoms with Crippen LogP contribution in [0.5, 0.6) is 0 Å². The Balaban J connectivity index is -0.000000186. The van der Waals surface area contributed by atoms with E-state index in [2.05, 4.69) is 404 Å². The van der Waals surface area contributed by atoms with E-state index in [1.165, 1.54) is 67.7 Å². The number of Topliss-reactive ketones (excluding diaryl/α,β-unsaturated/α-hetero) is 6. The van der Waals surface area contributed by atoms with Crippen molar-refractivity contribution < 1.29 is 28.8 Å². The maximum absolute atomic E-state index is 10.8. The average Bonchev–Trinajstić information content (AvgIpc) is 1.87. The number of benzene rings is 1. The highest BCUT2D eigenvalue weighted by Crippen LogP contribution is 2.33. The minimum atomic E-state index is 0.139. The summed E-state index contributed by atoms with van der Waals surface area (Å²) in [6.07, 6.45) is 21.1. The van der Waals surface area contributed by atoms with Crippen LogP contribution in [0.15, 0.2) is 65.8 Å². The van der Waals surface area contributed by atoms with Crippen LogP contribution in [-0.2, 0) is 51.9 Å². The van der Waals surface area contributed by atoms with Gasteiger partial charge in [0, 0.05) is 99.7 Å². The molecule has 29 heteroatoms. The van der Waals surface area contributed by atoms with Gasteiger partial charge in [-0.3, -0.25) is 34.2 Å². The number of H-pyrrole nitrogens is 2. The van der Waals surface area contributed by atoms with Gasteiger partial charge in [-0.1, -0.05) is 368 Å². The Kier molecular flexibility index (Phi) is 91.6. The fraction of sp³-hybridized carbons (Fsp3) is 0.817. The van der Waals surface area contributed by atoms with Gasteiger partial charge in [-0.05, 0) is 102 Å². The lowest BCUT2D eigenvalue weighted by atomic mass is 9.90. The van der Waals surface area contributed by atoms with Crippen molar-refractivity contribution in [3.05, 3.63) is 72.9 Å². The van der Waals surface area contributed by atoms with Gasteiger partial charge in [0.05, 0.1) is 45.6 Å². The highest BCUT2D eigenvalue weighted by Gasteiger charge is 2.21. The van der Waals surface area contributed by atoms with E-state index in [1.54, 1.807) is 114 Å². The first-order valence-corrected chi connectivity index (χ1v) is 61.0. The van der Waals surface area contributed by atoms with Crippen molar-refractivity contribution >= 4 is 188 Å². The Morgan fingerprint density at radius 2 is 0.710 bits per heavy atom. The third-order valence-corrected chi connectivity index (χ3v) is 31.1. The van der Waals surface area contributed by atoms with Crippen LogP contribution in [0.4, 0.5) is 0 Å². The number of nitrogens with one attached hydrogen (secondary N) is 2. The quantitative estimate of drug-likeness (QED) is 0.0445. The van der Waals surface area contributed by atoms with Crippen molar-refractivity contribution in [1.29, 1.82) is 0 Å². The second-order valence-electron chi connectivity index (χ2n) is 47.7. The largest absolute Gasteiger partial charge is 0.300 e. The molecule has 4 aromatic rings. The number of carbonyl (C=O) groups excluding carboxylic acids is 6. The average molecular weight is 2160 g/mol. The van der Waals surface area contributed by atoms with E-state index in [-0.39, 0.29) is 53.2 Å². The van der Waals surface area contributed by atoms with Crippen molar-refractivity contribution in [2.24, 2.45) is 21.0 Å². The third kappa shape index (κ3) is 162. The molecule has 0 spiro atoms. The smallest absolute Gasteiger partial charge is 0.142 e. The lowest BCUT2D eigenvalue weighted by molar-refractivity contribution is -0.118. The minimum Gasteiger partial charge on any atom is -0.300 e. The summed E-state index contributed by atoms with van der Waals surface area (Å²) >= 11 is 22.2. The van der Waals surface area contributed by atoms with E-state index in [4.69, 9.17) is 0 Å². The summed E-state index contributed by atoms with van der Waals surface area (Å²) in [5.41, 5.74) is 3.48. The number of rotatable bonds is 31. The second kappa shape index (κ2) is 82.1. The van der Waals surface area contributed by atoms with Gasteiger partial charge in [0.25, 0.3) is 0 Å². The number of aromatic amines is 2. The zero-order valence-corrected chi connectivity index (χ0v) is 108. The second-order valence-corrected chi connectivity index (χ2v) is 70.0. The molecule has 3 aromatic heterocycles. The molecule has 138 heavy (non-hydrogen) atoms. The first-order valence-electron chi connectivity index (χ1n) is 49.3. The van der Waals surface area contributed by atoms with Gasteiger partial charge in [-0.25, -0.2) is 19.6 Å². The summed E-state index contributed by atoms with van der Waals surface area (Å²) in [6.45, 7) is 110. The lowest BCUT2D eigenvalue weighted by Crippen LogP contribution is -2.18. The first-order chi connectivity index (χ1) is 62.0. The monoisotopic (exact) mass is 2160 g/mol. The van der Waals surface area contributed by atoms with Crippen LogP contribution in [-0.4, -0.2) is 194 Å². The molecular weight excluding hydrogens is 1940 g/mol. The number of hydrogen-bond donors (Lipinski definition) is 2. The molecule has 0 radical (unpaired) electrons. The molecule has 0 fully saturated rings. The van der Waals surface area contributed by atoms with Crippen LogP contribution in [0.1, 0.15) is 448 Å². The molecular formula is C109H213N11O6S12. The van der Waals surface area contributed by atoms with Gasteiger partial charge < -0.3 is 4.79 Å². The predicted octanol–water partition coefficient (Wildman–Crippen LogP) is 35.1. The fourth-order valence-electron chi connectivity index (χ4n) is 7.76. The van der Waals surface area contributed by atoms with E-state index in [0.717, 1.165) is 65.6 Å². The van der Waals surface area contributed by atoms with Crippen molar-refractivity contribution in [2.45, 2.75) is 516 Å². The number of carbonyl (C=O) groups is 6. The van der Waals surface area contributed by atoms with Crippen molar-refractivity contribution in [3.63, 3.8) is 0 Å². The maximum Gasteiger partial charge on any atom is 0.142 e. The van der Waals surface area contributed by atoms with Crippen LogP contribution < -0.4 is 0 Å². The van der Waals surface area contributed by atoms with Gasteiger partial charge in [-0.2, -0.15) is 72.5 Å². The van der Waals surface area contributed by atoms with Gasteiger partial charge in [0.15, 0.2) is 0 Å². The van der Waals surface area contributed by atoms with E-state index < -0.39 is 0 Å². The van der Waals surface area contributed by atoms with E-state index in [1.807, 2.05) is 100 Å². The summed E-state index contributed by atoms with van der Waals surface area (Å²) in [6, 6.07) is 10.6. The molecule has 0 bridgehead atoms. The molecule has 1 aliphatic rings. The Labute approximate surface area is 903 Å². The Bertz CT molecular complexity index is 3370. The zero-order chi connectivity index (χ0) is 110. The zero-order valence-electron chi connectivity index (χ0n) is 98.3. The molecule has 0 saturated carbocycles. The molecule has 1 unspecified atom stereocenters. The highest BCUT2D eigenvalue weighted by atomic mass is 32.2. The number of unbranched alkanes of at least 4 members (excludes halogenated alkanes) is 3. The molecule has 0 amide bonds. The van der Waals surface area contributed by atoms with Crippen LogP contribution in [0.2, 0.25) is 0 Å². The molecule has 1 atom stereocenters. The Hall–Kier alpha value is -1.80. The van der Waals surface area contributed by atoms with E-state index in [0.29, 0.717) is 78.3 Å². The predicted molar refractivity (Wildman–Crippen MR) is 649 cm³/mol.